The number of aromatic nitrogens is 4. The molecule has 0 radical (unpaired) electrons. The van der Waals surface area contributed by atoms with E-state index in [9.17, 15) is 0 Å². The fourth-order valence-electron chi connectivity index (χ4n) is 4.23. The molecule has 3 saturated carbocycles. The molecule has 0 saturated heterocycles. The summed E-state index contributed by atoms with van der Waals surface area (Å²) in [5, 5.41) is 3.70. The van der Waals surface area contributed by atoms with Gasteiger partial charge in [-0.15, -0.1) is 0 Å². The first-order valence-corrected chi connectivity index (χ1v) is 9.63. The Kier molecular flexibility index (Phi) is 3.98. The normalized spacial score (nSPS) is 22.8. The van der Waals surface area contributed by atoms with Crippen LogP contribution in [0.15, 0.2) is 41.5 Å². The van der Waals surface area contributed by atoms with Crippen LogP contribution < -0.4 is 11.1 Å². The molecule has 0 unspecified atom stereocenters. The zero-order valence-corrected chi connectivity index (χ0v) is 15.8. The van der Waals surface area contributed by atoms with Crippen LogP contribution in [0.5, 0.6) is 0 Å². The fraction of sp³-hybridized carbons (Fsp3) is 0.333. The number of nitrogens with two attached hydrogens (primary N) is 1. The lowest BCUT2D eigenvalue weighted by Crippen LogP contribution is -2.66. The van der Waals surface area contributed by atoms with Gasteiger partial charge < -0.3 is 16.0 Å². The highest BCUT2D eigenvalue weighted by Crippen LogP contribution is 2.57. The number of imidazole rings is 1. The monoisotopic (exact) mass is 373 g/mol. The Morgan fingerprint density at radius 2 is 2.11 bits per heavy atom. The molecule has 7 nitrogen and oxygen atoms in total. The molecule has 4 N–H and O–H groups in total. The number of nitrogens with one attached hydrogen (secondary N) is 2. The molecule has 3 aromatic heterocycles. The molecule has 6 rings (SSSR count). The van der Waals surface area contributed by atoms with E-state index in [1.807, 2.05) is 37.3 Å². The second-order valence-corrected chi connectivity index (χ2v) is 7.87. The molecule has 28 heavy (non-hydrogen) atoms. The Balaban J connectivity index is 1.49. The van der Waals surface area contributed by atoms with Gasteiger partial charge in [0.15, 0.2) is 5.82 Å². The first kappa shape index (κ1) is 17.1. The number of nitrogens with zero attached hydrogens (tertiary/aromatic N) is 4. The first-order valence-electron chi connectivity index (χ1n) is 9.63. The lowest BCUT2D eigenvalue weighted by atomic mass is 9.50. The van der Waals surface area contributed by atoms with Crippen molar-refractivity contribution in [3.8, 4) is 22.6 Å². The van der Waals surface area contributed by atoms with Crippen molar-refractivity contribution in [3.05, 3.63) is 48.0 Å². The quantitative estimate of drug-likeness (QED) is 0.455. The third-order valence-corrected chi connectivity index (χ3v) is 5.79. The fourth-order valence-corrected chi connectivity index (χ4v) is 4.23. The number of hydrogen-bond acceptors (Lipinski definition) is 5. The van der Waals surface area contributed by atoms with E-state index in [-0.39, 0.29) is 0 Å². The van der Waals surface area contributed by atoms with Gasteiger partial charge >= 0.3 is 0 Å². The van der Waals surface area contributed by atoms with Crippen LogP contribution in [0.3, 0.4) is 0 Å². The van der Waals surface area contributed by atoms with Crippen LogP contribution >= 0.6 is 0 Å². The largest absolute Gasteiger partial charge is 0.390 e. The molecule has 0 aliphatic heterocycles. The summed E-state index contributed by atoms with van der Waals surface area (Å²) >= 11 is 0. The molecule has 0 amide bonds. The van der Waals surface area contributed by atoms with Crippen molar-refractivity contribution in [2.24, 2.45) is 16.6 Å². The van der Waals surface area contributed by atoms with Gasteiger partial charge in [0.25, 0.3) is 0 Å². The summed E-state index contributed by atoms with van der Waals surface area (Å²) in [6.45, 7) is 2.72. The zero-order chi connectivity index (χ0) is 19.1. The van der Waals surface area contributed by atoms with Crippen LogP contribution in [0.4, 0.5) is 5.82 Å². The number of rotatable bonds is 6. The van der Waals surface area contributed by atoms with E-state index in [0.717, 1.165) is 46.6 Å². The molecule has 3 aromatic rings. The maximum absolute atomic E-state index is 5.35. The minimum Gasteiger partial charge on any atom is -0.390 e. The van der Waals surface area contributed by atoms with Gasteiger partial charge in [-0.05, 0) is 56.4 Å². The third kappa shape index (κ3) is 2.97. The van der Waals surface area contributed by atoms with Gasteiger partial charge in [-0.2, -0.15) is 0 Å². The number of aryl methyl sites for hydroxylation is 1. The van der Waals surface area contributed by atoms with Crippen molar-refractivity contribution in [1.29, 1.82) is 0 Å². The van der Waals surface area contributed by atoms with E-state index in [1.165, 1.54) is 25.6 Å². The predicted octanol–water partition coefficient (Wildman–Crippen LogP) is 3.10. The molecule has 0 spiro atoms. The first-order chi connectivity index (χ1) is 13.6. The maximum atomic E-state index is 5.35. The molecule has 3 aliphatic rings. The van der Waals surface area contributed by atoms with Crippen molar-refractivity contribution >= 4 is 12.2 Å². The number of aliphatic imine (C=N–C) groups is 1. The summed E-state index contributed by atoms with van der Waals surface area (Å²) in [5.41, 5.74) is 10.2. The molecule has 2 bridgehead atoms. The van der Waals surface area contributed by atoms with Crippen molar-refractivity contribution < 1.29 is 0 Å². The van der Waals surface area contributed by atoms with Gasteiger partial charge in [0.05, 0.1) is 30.0 Å². The van der Waals surface area contributed by atoms with E-state index >= 15 is 0 Å². The Bertz CT molecular complexity index is 1020. The zero-order valence-electron chi connectivity index (χ0n) is 15.8. The second kappa shape index (κ2) is 6.53. The summed E-state index contributed by atoms with van der Waals surface area (Å²) in [4.78, 5) is 21.4. The minimum atomic E-state index is 0.364. The van der Waals surface area contributed by atoms with Gasteiger partial charge in [-0.25, -0.2) is 15.0 Å². The number of hydrogen-bond donors (Lipinski definition) is 3. The Morgan fingerprint density at radius 1 is 1.25 bits per heavy atom. The third-order valence-electron chi connectivity index (χ3n) is 5.79. The standard InChI is InChI=1S/C21H23N7/c1-13-3-2-4-16(26-13)20-19(15-5-6-17(23-10-15)24-12-22)27-18(28-20)11-25-21-7-14(8-21)9-21/h2-6,10,12,14,25H,7-9,11H2,1H3,(H,27,28)(H2,22,23,24). The summed E-state index contributed by atoms with van der Waals surface area (Å²) in [7, 11) is 0. The molecule has 3 fully saturated rings. The van der Waals surface area contributed by atoms with Crippen LogP contribution in [0.2, 0.25) is 0 Å². The predicted molar refractivity (Wildman–Crippen MR) is 109 cm³/mol. The van der Waals surface area contributed by atoms with Gasteiger partial charge in [-0.1, -0.05) is 6.07 Å². The van der Waals surface area contributed by atoms with E-state index in [0.29, 0.717) is 11.4 Å². The minimum absolute atomic E-state index is 0.364. The van der Waals surface area contributed by atoms with Crippen LogP contribution in [0.25, 0.3) is 22.6 Å². The Morgan fingerprint density at radius 3 is 2.75 bits per heavy atom. The van der Waals surface area contributed by atoms with Crippen LogP contribution in [0.1, 0.15) is 30.8 Å². The Hall–Kier alpha value is -3.06. The van der Waals surface area contributed by atoms with Crippen molar-refractivity contribution in [2.45, 2.75) is 38.3 Å². The van der Waals surface area contributed by atoms with Crippen LogP contribution in [-0.2, 0) is 6.54 Å². The Labute approximate surface area is 163 Å². The lowest BCUT2D eigenvalue weighted by Gasteiger charge is -2.62. The smallest absolute Gasteiger partial charge is 0.153 e. The van der Waals surface area contributed by atoms with E-state index in [2.05, 4.69) is 25.3 Å². The van der Waals surface area contributed by atoms with Gasteiger partial charge in [0.2, 0.25) is 0 Å². The molecular weight excluding hydrogens is 350 g/mol. The molecule has 0 aromatic carbocycles. The van der Waals surface area contributed by atoms with Gasteiger partial charge in [0, 0.05) is 23.0 Å². The second-order valence-electron chi connectivity index (χ2n) is 7.87. The van der Waals surface area contributed by atoms with Crippen LogP contribution in [0, 0.1) is 12.8 Å². The van der Waals surface area contributed by atoms with E-state index < -0.39 is 0 Å². The molecule has 3 aliphatic carbocycles. The van der Waals surface area contributed by atoms with Crippen molar-refractivity contribution in [2.75, 3.05) is 0 Å². The SMILES string of the molecule is Cc1cccc(-c2[nH]c(CNC34CC(C3)C4)nc2-c2ccc(N=CN)nc2)n1. The highest BCUT2D eigenvalue weighted by atomic mass is 15.1. The molecule has 0 atom stereocenters. The maximum Gasteiger partial charge on any atom is 0.153 e. The average molecular weight is 373 g/mol. The molecule has 3 heterocycles. The summed E-state index contributed by atoms with van der Waals surface area (Å²) in [6.07, 6.45) is 6.93. The van der Waals surface area contributed by atoms with E-state index in [4.69, 9.17) is 10.7 Å². The van der Waals surface area contributed by atoms with Crippen LogP contribution in [-0.4, -0.2) is 31.8 Å². The van der Waals surface area contributed by atoms with Crippen molar-refractivity contribution in [3.63, 3.8) is 0 Å². The molecular formula is C21H23N7. The number of H-pyrrole nitrogens is 1. The van der Waals surface area contributed by atoms with E-state index in [1.54, 1.807) is 6.20 Å². The number of aromatic amines is 1. The highest BCUT2D eigenvalue weighted by molar-refractivity contribution is 5.76. The lowest BCUT2D eigenvalue weighted by molar-refractivity contribution is -0.0524. The summed E-state index contributed by atoms with van der Waals surface area (Å²) in [6, 6.07) is 9.80. The summed E-state index contributed by atoms with van der Waals surface area (Å²) < 4.78 is 0. The van der Waals surface area contributed by atoms with Gasteiger partial charge in [-0.3, -0.25) is 4.98 Å². The average Bonchev–Trinajstić information content (AvgIpc) is 3.05. The topological polar surface area (TPSA) is 105 Å². The van der Waals surface area contributed by atoms with Crippen molar-refractivity contribution in [1.82, 2.24) is 25.3 Å². The highest BCUT2D eigenvalue weighted by Gasteiger charge is 2.56. The summed E-state index contributed by atoms with van der Waals surface area (Å²) in [5.74, 6) is 2.44. The molecule has 7 heteroatoms. The molecule has 142 valence electrons. The van der Waals surface area contributed by atoms with Gasteiger partial charge in [0.1, 0.15) is 5.82 Å². The number of pyridine rings is 2.